The number of ether oxygens (including phenoxy) is 5. The van der Waals surface area contributed by atoms with Gasteiger partial charge in [0.2, 0.25) is 5.91 Å². The molecule has 0 aliphatic heterocycles. The summed E-state index contributed by atoms with van der Waals surface area (Å²) in [6.45, 7) is 15.0. The number of benzene rings is 1. The van der Waals surface area contributed by atoms with Gasteiger partial charge in [0.1, 0.15) is 12.5 Å². The number of methoxy groups -OCH3 is 2. The smallest absolute Gasteiger partial charge is 0.248 e. The number of hydroxylamine groups is 2. The summed E-state index contributed by atoms with van der Waals surface area (Å²) in [5, 5.41) is 12.1. The molecule has 274 valence electrons. The summed E-state index contributed by atoms with van der Waals surface area (Å²) < 4.78 is 35.8. The minimum atomic E-state index is -2.20. The minimum Gasteiger partial charge on any atom is -0.497 e. The molecule has 10 nitrogen and oxygen atoms in total. The van der Waals surface area contributed by atoms with E-state index in [-0.39, 0.29) is 60.7 Å². The first kappa shape index (κ1) is 40.6. The third-order valence-electron chi connectivity index (χ3n) is 10.7. The zero-order chi connectivity index (χ0) is 35.5. The Morgan fingerprint density at radius 3 is 2.38 bits per heavy atom. The van der Waals surface area contributed by atoms with Crippen LogP contribution in [0.4, 0.5) is 0 Å². The van der Waals surface area contributed by atoms with Gasteiger partial charge < -0.3 is 33.2 Å². The molecule has 0 saturated heterocycles. The van der Waals surface area contributed by atoms with Crippen molar-refractivity contribution in [2.45, 2.75) is 96.4 Å². The molecule has 1 aromatic rings. The first-order valence-electron chi connectivity index (χ1n) is 17.4. The Bertz CT molecular complexity index is 1120. The van der Waals surface area contributed by atoms with Gasteiger partial charge in [-0.2, -0.15) is 0 Å². The fourth-order valence-electron chi connectivity index (χ4n) is 6.86. The number of aliphatic hydroxyl groups excluding tert-OH is 1. The molecule has 2 aliphatic carbocycles. The molecule has 0 bridgehead atoms. The number of amides is 1. The number of fused-ring (bicyclic) bond motifs is 1. The highest BCUT2D eigenvalue weighted by Gasteiger charge is 2.48. The van der Waals surface area contributed by atoms with E-state index in [0.717, 1.165) is 24.2 Å². The number of carbonyl (C=O) groups excluding carboxylic acids is 1. The van der Waals surface area contributed by atoms with E-state index < -0.39 is 14.4 Å². The summed E-state index contributed by atoms with van der Waals surface area (Å²) in [5.41, 5.74) is 1.12. The molecule has 0 spiro atoms. The number of carbonyl (C=O) groups is 1. The first-order valence-corrected chi connectivity index (χ1v) is 20.4. The number of hydrogen-bond donors (Lipinski definition) is 1. The van der Waals surface area contributed by atoms with Crippen LogP contribution in [0.25, 0.3) is 0 Å². The maximum atomic E-state index is 13.0. The molecule has 2 aliphatic rings. The topological polar surface area (TPSA) is 105 Å². The van der Waals surface area contributed by atoms with Crippen LogP contribution < -0.4 is 4.74 Å². The average molecular weight is 694 g/mol. The number of nitrogens with zero attached hydrogens (tertiary/aromatic N) is 1. The van der Waals surface area contributed by atoms with Crippen LogP contribution in [0.5, 0.6) is 5.75 Å². The minimum absolute atomic E-state index is 0.00381. The lowest BCUT2D eigenvalue weighted by atomic mass is 9.70. The van der Waals surface area contributed by atoms with E-state index in [1.807, 2.05) is 24.3 Å². The Morgan fingerprint density at radius 1 is 1.06 bits per heavy atom. The fourth-order valence-corrected chi connectivity index (χ4v) is 8.24. The molecule has 48 heavy (non-hydrogen) atoms. The number of rotatable bonds is 20. The molecule has 1 aromatic carbocycles. The van der Waals surface area contributed by atoms with Gasteiger partial charge in [-0.25, -0.2) is 5.06 Å². The molecule has 0 unspecified atom stereocenters. The van der Waals surface area contributed by atoms with Crippen LogP contribution in [0.2, 0.25) is 18.1 Å². The van der Waals surface area contributed by atoms with Crippen LogP contribution in [0.1, 0.15) is 58.9 Å². The van der Waals surface area contributed by atoms with Crippen molar-refractivity contribution in [3.63, 3.8) is 0 Å². The molecule has 8 atom stereocenters. The standard InChI is InChI=1S/C37H63NO9Si/c1-26-19-33-32(36(26)45-24-27-11-14-29(42-7)15-12-27)16-13-28(34(33)23-39)20-31(47-48(9,10)37(2,3)4)21-30(22-35(40)38(5)43-8)46-25-44-18-17-41-6/h11-16,26,28,30-34,36,39H,17-25H2,1-10H3/t26-,28+,30+,31+,32-,33-,34-,36-/m1/s1. The van der Waals surface area contributed by atoms with Crippen LogP contribution >= 0.6 is 0 Å². The van der Waals surface area contributed by atoms with Crippen molar-refractivity contribution in [2.75, 3.05) is 55.0 Å². The van der Waals surface area contributed by atoms with Crippen LogP contribution in [0, 0.1) is 29.6 Å². The maximum Gasteiger partial charge on any atom is 0.248 e. The highest BCUT2D eigenvalue weighted by molar-refractivity contribution is 6.74. The van der Waals surface area contributed by atoms with Gasteiger partial charge in [-0.05, 0) is 78.8 Å². The van der Waals surface area contributed by atoms with Gasteiger partial charge in [0.25, 0.3) is 0 Å². The Kier molecular flexibility index (Phi) is 16.0. The van der Waals surface area contributed by atoms with E-state index in [1.54, 1.807) is 21.3 Å². The second kappa shape index (κ2) is 19.0. The molecule has 1 amide bonds. The Balaban J connectivity index is 1.80. The SMILES string of the molecule is COCCOCO[C@H](CC(=O)N(C)OC)C[C@H](C[C@@H]1C=C[C@@H]2[C@@H](C[C@@H](C)[C@H]2OCc2ccc(OC)cc2)[C@@H]1CO)O[Si](C)(C)C(C)(C)C. The molecule has 1 N–H and O–H groups in total. The van der Waals surface area contributed by atoms with Crippen LogP contribution in [-0.4, -0.2) is 97.7 Å². The second-order valence-electron chi connectivity index (χ2n) is 15.0. The number of aliphatic hydroxyl groups is 1. The van der Waals surface area contributed by atoms with Crippen molar-refractivity contribution in [2.24, 2.45) is 29.6 Å². The summed E-state index contributed by atoms with van der Waals surface area (Å²) in [5.74, 6) is 1.78. The molecule has 0 radical (unpaired) electrons. The van der Waals surface area contributed by atoms with Gasteiger partial charge >= 0.3 is 0 Å². The van der Waals surface area contributed by atoms with E-state index in [0.29, 0.717) is 38.1 Å². The van der Waals surface area contributed by atoms with Crippen LogP contribution in [0.3, 0.4) is 0 Å². The first-order chi connectivity index (χ1) is 22.7. The monoisotopic (exact) mass is 693 g/mol. The van der Waals surface area contributed by atoms with Gasteiger partial charge in [-0.15, -0.1) is 0 Å². The van der Waals surface area contributed by atoms with Gasteiger partial charge in [0.05, 0.1) is 52.7 Å². The predicted octanol–water partition coefficient (Wildman–Crippen LogP) is 6.23. The van der Waals surface area contributed by atoms with E-state index in [1.165, 1.54) is 12.2 Å². The van der Waals surface area contributed by atoms with Gasteiger partial charge in [0.15, 0.2) is 8.32 Å². The quantitative estimate of drug-likeness (QED) is 0.0559. The van der Waals surface area contributed by atoms with E-state index in [4.69, 9.17) is 32.9 Å². The predicted molar refractivity (Wildman–Crippen MR) is 189 cm³/mol. The third kappa shape index (κ3) is 11.3. The van der Waals surface area contributed by atoms with E-state index in [9.17, 15) is 9.90 Å². The Hall–Kier alpha value is -1.83. The van der Waals surface area contributed by atoms with Crippen molar-refractivity contribution in [3.8, 4) is 5.75 Å². The third-order valence-corrected chi connectivity index (χ3v) is 15.3. The summed E-state index contributed by atoms with van der Waals surface area (Å²) in [4.78, 5) is 18.1. The lowest BCUT2D eigenvalue weighted by molar-refractivity contribution is -0.175. The maximum absolute atomic E-state index is 13.0. The van der Waals surface area contributed by atoms with Gasteiger partial charge in [0, 0.05) is 32.8 Å². The van der Waals surface area contributed by atoms with Gasteiger partial charge in [-0.1, -0.05) is 52.0 Å². The van der Waals surface area contributed by atoms with E-state index >= 15 is 0 Å². The Morgan fingerprint density at radius 2 is 1.77 bits per heavy atom. The molecule has 0 aromatic heterocycles. The van der Waals surface area contributed by atoms with Crippen molar-refractivity contribution in [1.29, 1.82) is 0 Å². The summed E-state index contributed by atoms with van der Waals surface area (Å²) in [7, 11) is 4.16. The normalized spacial score (nSPS) is 25.5. The molecular formula is C37H63NO9Si. The highest BCUT2D eigenvalue weighted by atomic mass is 28.4. The van der Waals surface area contributed by atoms with Crippen LogP contribution in [0.15, 0.2) is 36.4 Å². The summed E-state index contributed by atoms with van der Waals surface area (Å²) >= 11 is 0. The molecular weight excluding hydrogens is 630 g/mol. The summed E-state index contributed by atoms with van der Waals surface area (Å²) in [6.07, 6.45) is 6.46. The molecule has 1 saturated carbocycles. The molecule has 0 heterocycles. The average Bonchev–Trinajstić information content (AvgIpc) is 3.36. The van der Waals surface area contributed by atoms with Gasteiger partial charge in [-0.3, -0.25) is 9.63 Å². The van der Waals surface area contributed by atoms with Crippen molar-refractivity contribution in [1.82, 2.24) is 5.06 Å². The lowest BCUT2D eigenvalue weighted by Gasteiger charge is -2.43. The van der Waals surface area contributed by atoms with Crippen molar-refractivity contribution in [3.05, 3.63) is 42.0 Å². The largest absolute Gasteiger partial charge is 0.497 e. The van der Waals surface area contributed by atoms with Crippen molar-refractivity contribution < 1.29 is 42.8 Å². The molecule has 3 rings (SSSR count). The molecule has 11 heteroatoms. The van der Waals surface area contributed by atoms with E-state index in [2.05, 4.69) is 52.9 Å². The zero-order valence-corrected chi connectivity index (χ0v) is 32.1. The number of allylic oxidation sites excluding steroid dienone is 1. The lowest BCUT2D eigenvalue weighted by Crippen LogP contribution is -2.46. The highest BCUT2D eigenvalue weighted by Crippen LogP contribution is 2.50. The fraction of sp³-hybridized carbons (Fsp3) is 0.757. The molecule has 1 fully saturated rings. The summed E-state index contributed by atoms with van der Waals surface area (Å²) in [6, 6.07) is 8.02. The van der Waals surface area contributed by atoms with Crippen LogP contribution in [-0.2, 0) is 39.6 Å². The Labute approximate surface area is 290 Å². The number of hydrogen-bond acceptors (Lipinski definition) is 9. The zero-order valence-electron chi connectivity index (χ0n) is 31.1. The van der Waals surface area contributed by atoms with Crippen molar-refractivity contribution >= 4 is 14.2 Å². The second-order valence-corrected chi connectivity index (χ2v) is 19.8.